The minimum absolute atomic E-state index is 0.308. The fourth-order valence-corrected chi connectivity index (χ4v) is 2.49. The molecule has 0 saturated heterocycles. The van der Waals surface area contributed by atoms with E-state index >= 15 is 0 Å². The van der Waals surface area contributed by atoms with Crippen LogP contribution in [-0.4, -0.2) is 33.9 Å². The maximum atomic E-state index is 10.9. The fraction of sp³-hybridized carbons (Fsp3) is 0. The molecule has 1 rings (SSSR count). The van der Waals surface area contributed by atoms with Gasteiger partial charge in [0.05, 0.1) is 5.69 Å². The summed E-state index contributed by atoms with van der Waals surface area (Å²) in [6.07, 6.45) is 0. The highest BCUT2D eigenvalue weighted by Gasteiger charge is 2.22. The number of anilines is 2. The van der Waals surface area contributed by atoms with Crippen LogP contribution in [0, 0.1) is 0 Å². The molecule has 17 heavy (non-hydrogen) atoms. The van der Waals surface area contributed by atoms with Gasteiger partial charge < -0.3 is 11.0 Å². The van der Waals surface area contributed by atoms with E-state index in [1.807, 2.05) is 5.23 Å². The summed E-state index contributed by atoms with van der Waals surface area (Å²) in [5.74, 6) is 0. The van der Waals surface area contributed by atoms with Crippen LogP contribution in [0.1, 0.15) is 0 Å². The van der Waals surface area contributed by atoms with Crippen LogP contribution in [0.5, 0.6) is 0 Å². The molecule has 0 spiro atoms. The van der Waals surface area contributed by atoms with E-state index in [1.54, 1.807) is 0 Å². The van der Waals surface area contributed by atoms with Gasteiger partial charge in [0.2, 0.25) is 7.98 Å². The van der Waals surface area contributed by atoms with Crippen molar-refractivity contribution in [1.29, 1.82) is 0 Å². The average molecular weight is 278 g/mol. The predicted molar refractivity (Wildman–Crippen MR) is 59.9 cm³/mol. The monoisotopic (exact) mass is 278 g/mol. The van der Waals surface area contributed by atoms with Gasteiger partial charge in [0.1, 0.15) is 9.79 Å². The molecule has 0 aromatic heterocycles. The van der Waals surface area contributed by atoms with Crippen molar-refractivity contribution in [2.75, 3.05) is 11.0 Å². The molecule has 0 saturated carbocycles. The summed E-state index contributed by atoms with van der Waals surface area (Å²) >= 11 is 0. The van der Waals surface area contributed by atoms with E-state index < -0.39 is 35.7 Å². The van der Waals surface area contributed by atoms with Crippen LogP contribution in [-0.2, 0) is 20.2 Å². The Labute approximate surface area is 98.8 Å². The number of nitrogen functional groups attached to an aromatic ring is 1. The van der Waals surface area contributed by atoms with Gasteiger partial charge in [-0.25, -0.2) is 0 Å². The summed E-state index contributed by atoms with van der Waals surface area (Å²) in [7, 11) is -4.45. The van der Waals surface area contributed by atoms with E-state index in [9.17, 15) is 16.8 Å². The number of nitrogens with one attached hydrogen (secondary N) is 1. The average Bonchev–Trinajstić information content (AvgIpc) is 2.13. The van der Waals surface area contributed by atoms with Crippen molar-refractivity contribution in [3.8, 4) is 0 Å². The molecule has 0 unspecified atom stereocenters. The molecule has 8 nitrogen and oxygen atoms in total. The lowest BCUT2D eigenvalue weighted by atomic mass is 10.2. The Morgan fingerprint density at radius 2 is 1.53 bits per heavy atom. The fourth-order valence-electron chi connectivity index (χ4n) is 1.13. The van der Waals surface area contributed by atoms with E-state index in [0.29, 0.717) is 6.07 Å². The van der Waals surface area contributed by atoms with E-state index in [0.717, 1.165) is 6.07 Å². The minimum Gasteiger partial charge on any atom is -0.436 e. The maximum absolute atomic E-state index is 10.9. The molecular formula is C6H7BN2O6S2. The minimum atomic E-state index is -4.72. The van der Waals surface area contributed by atoms with Crippen molar-refractivity contribution in [2.24, 2.45) is 0 Å². The number of benzene rings is 1. The molecule has 1 aromatic rings. The van der Waals surface area contributed by atoms with Crippen LogP contribution in [0.4, 0.5) is 11.4 Å². The second-order valence-corrected chi connectivity index (χ2v) is 5.76. The van der Waals surface area contributed by atoms with Gasteiger partial charge in [0.15, 0.2) is 0 Å². The third-order valence-corrected chi connectivity index (χ3v) is 3.63. The zero-order valence-corrected chi connectivity index (χ0v) is 9.79. The number of rotatable bonds is 3. The van der Waals surface area contributed by atoms with Gasteiger partial charge in [-0.3, -0.25) is 9.11 Å². The van der Waals surface area contributed by atoms with Gasteiger partial charge >= 0.3 is 0 Å². The molecule has 0 bridgehead atoms. The van der Waals surface area contributed by atoms with Gasteiger partial charge in [-0.2, -0.15) is 16.8 Å². The molecule has 0 aliphatic heterocycles. The van der Waals surface area contributed by atoms with Gasteiger partial charge in [0, 0.05) is 5.69 Å². The SMILES string of the molecule is [B]Nc1cc(N)c(S(=O)(=O)O)cc1S(=O)(=O)O. The highest BCUT2D eigenvalue weighted by atomic mass is 32.2. The molecule has 0 amide bonds. The second-order valence-electron chi connectivity index (χ2n) is 2.98. The first-order chi connectivity index (χ1) is 7.57. The van der Waals surface area contributed by atoms with Crippen molar-refractivity contribution in [2.45, 2.75) is 9.79 Å². The summed E-state index contributed by atoms with van der Waals surface area (Å²) in [5.41, 5.74) is 4.55. The van der Waals surface area contributed by atoms with Crippen molar-refractivity contribution < 1.29 is 25.9 Å². The third-order valence-electron chi connectivity index (χ3n) is 1.82. The Balaban J connectivity index is 3.73. The highest BCUT2D eigenvalue weighted by Crippen LogP contribution is 2.29. The molecular weight excluding hydrogens is 271 g/mol. The first kappa shape index (κ1) is 13.8. The van der Waals surface area contributed by atoms with E-state index in [1.165, 1.54) is 0 Å². The van der Waals surface area contributed by atoms with Crippen LogP contribution in [0.15, 0.2) is 21.9 Å². The standard InChI is InChI=1S/C6H7BN2O6S2/c7-9-4-1-3(8)5(16(10,11)12)2-6(4)17(13,14)15/h1-2,9H,8H2,(H,10,11,12)(H,13,14,15). The summed E-state index contributed by atoms with van der Waals surface area (Å²) < 4.78 is 61.3. The molecule has 2 radical (unpaired) electrons. The maximum Gasteiger partial charge on any atom is 0.296 e. The molecule has 0 atom stereocenters. The molecule has 1 aromatic carbocycles. The molecule has 5 N–H and O–H groups in total. The van der Waals surface area contributed by atoms with Crippen molar-refractivity contribution in [1.82, 2.24) is 0 Å². The third kappa shape index (κ3) is 2.88. The molecule has 0 aliphatic rings. The Morgan fingerprint density at radius 3 is 1.88 bits per heavy atom. The van der Waals surface area contributed by atoms with Crippen molar-refractivity contribution in [3.05, 3.63) is 12.1 Å². The Kier molecular flexibility index (Phi) is 3.39. The lowest BCUT2D eigenvalue weighted by Crippen LogP contribution is -2.10. The van der Waals surface area contributed by atoms with Crippen LogP contribution in [0.2, 0.25) is 0 Å². The van der Waals surface area contributed by atoms with Crippen LogP contribution in [0.25, 0.3) is 0 Å². The summed E-state index contributed by atoms with van der Waals surface area (Å²) in [5, 5.41) is 1.93. The van der Waals surface area contributed by atoms with Gasteiger partial charge in [-0.05, 0) is 12.1 Å². The largest absolute Gasteiger partial charge is 0.436 e. The van der Waals surface area contributed by atoms with Crippen LogP contribution >= 0.6 is 0 Å². The first-order valence-electron chi connectivity index (χ1n) is 3.92. The lowest BCUT2D eigenvalue weighted by molar-refractivity contribution is 0.482. The Hall–Kier alpha value is -1.30. The Morgan fingerprint density at radius 1 is 1.06 bits per heavy atom. The second kappa shape index (κ2) is 4.18. The van der Waals surface area contributed by atoms with E-state index in [-0.39, 0.29) is 5.69 Å². The van der Waals surface area contributed by atoms with E-state index in [2.05, 4.69) is 0 Å². The zero-order chi connectivity index (χ0) is 13.4. The molecule has 0 heterocycles. The quantitative estimate of drug-likeness (QED) is 0.321. The molecule has 11 heteroatoms. The molecule has 0 aliphatic carbocycles. The number of nitrogens with two attached hydrogens (primary N) is 1. The summed E-state index contributed by atoms with van der Waals surface area (Å²) in [6, 6.07) is 1.35. The number of hydrogen-bond donors (Lipinski definition) is 4. The molecule has 92 valence electrons. The molecule has 0 fully saturated rings. The van der Waals surface area contributed by atoms with E-state index in [4.69, 9.17) is 22.8 Å². The topological polar surface area (TPSA) is 147 Å². The van der Waals surface area contributed by atoms with Gasteiger partial charge in [0.25, 0.3) is 20.2 Å². The summed E-state index contributed by atoms with van der Waals surface area (Å²) in [6.45, 7) is 0. The first-order valence-corrected chi connectivity index (χ1v) is 6.80. The van der Waals surface area contributed by atoms with Gasteiger partial charge in [-0.15, -0.1) is 0 Å². The Bertz CT molecular complexity index is 653. The smallest absolute Gasteiger partial charge is 0.296 e. The zero-order valence-electron chi connectivity index (χ0n) is 8.15. The normalized spacial score (nSPS) is 12.4. The highest BCUT2D eigenvalue weighted by molar-refractivity contribution is 7.86. The predicted octanol–water partition coefficient (Wildman–Crippen LogP) is -0.742. The van der Waals surface area contributed by atoms with Crippen LogP contribution < -0.4 is 11.0 Å². The summed E-state index contributed by atoms with van der Waals surface area (Å²) in [4.78, 5) is -1.66. The van der Waals surface area contributed by atoms with Gasteiger partial charge in [-0.1, -0.05) is 0 Å². The van der Waals surface area contributed by atoms with Crippen molar-refractivity contribution >= 4 is 39.6 Å². The number of hydrogen-bond acceptors (Lipinski definition) is 6. The van der Waals surface area contributed by atoms with Crippen molar-refractivity contribution in [3.63, 3.8) is 0 Å². The lowest BCUT2D eigenvalue weighted by Gasteiger charge is -2.10. The van der Waals surface area contributed by atoms with Crippen LogP contribution in [0.3, 0.4) is 0 Å².